The summed E-state index contributed by atoms with van der Waals surface area (Å²) in [6, 6.07) is 9.73. The second kappa shape index (κ2) is 7.42. The number of nitro groups is 1. The summed E-state index contributed by atoms with van der Waals surface area (Å²) in [5.74, 6) is -0.867. The molecule has 10 heteroatoms. The van der Waals surface area contributed by atoms with Gasteiger partial charge in [0, 0.05) is 17.8 Å². The predicted octanol–water partition coefficient (Wildman–Crippen LogP) is 2.55. The van der Waals surface area contributed by atoms with Crippen LogP contribution in [0, 0.1) is 10.1 Å². The number of nitrogens with zero attached hydrogens (tertiary/aromatic N) is 2. The Balaban J connectivity index is 1.74. The van der Waals surface area contributed by atoms with Crippen LogP contribution in [0.5, 0.6) is 0 Å². The Hall–Kier alpha value is -3.46. The van der Waals surface area contributed by atoms with Crippen molar-refractivity contribution in [3.8, 4) is 0 Å². The molecule has 1 heterocycles. The second-order valence-corrected chi connectivity index (χ2v) is 6.12. The lowest BCUT2D eigenvalue weighted by Crippen LogP contribution is -2.30. The molecule has 0 atom stereocenters. The smallest absolute Gasteiger partial charge is 0.324 e. The lowest BCUT2D eigenvalue weighted by Gasteiger charge is -2.13. The summed E-state index contributed by atoms with van der Waals surface area (Å²) in [4.78, 5) is 46.9. The van der Waals surface area contributed by atoms with Gasteiger partial charge >= 0.3 is 6.03 Å². The average molecular weight is 389 g/mol. The van der Waals surface area contributed by atoms with Crippen molar-refractivity contribution in [2.24, 2.45) is 0 Å². The number of anilines is 1. The third-order valence-corrected chi connectivity index (χ3v) is 4.18. The fourth-order valence-corrected chi connectivity index (χ4v) is 2.81. The predicted molar refractivity (Wildman–Crippen MR) is 96.5 cm³/mol. The molecule has 1 saturated heterocycles. The van der Waals surface area contributed by atoms with E-state index in [-0.39, 0.29) is 35.3 Å². The van der Waals surface area contributed by atoms with Gasteiger partial charge in [0.05, 0.1) is 28.6 Å². The number of urea groups is 1. The van der Waals surface area contributed by atoms with Crippen LogP contribution in [0.4, 0.5) is 16.2 Å². The summed E-state index contributed by atoms with van der Waals surface area (Å²) in [6.45, 7) is 0.0422. The molecular weight excluding hydrogens is 376 g/mol. The molecule has 0 bridgehead atoms. The highest BCUT2D eigenvalue weighted by Gasteiger charge is 2.28. The molecule has 3 rings (SSSR count). The number of nitro benzene ring substituents is 1. The quantitative estimate of drug-likeness (QED) is 0.463. The fraction of sp³-hybridized carbons (Fsp3) is 0.118. The van der Waals surface area contributed by atoms with Gasteiger partial charge in [0.2, 0.25) is 5.91 Å². The van der Waals surface area contributed by atoms with Gasteiger partial charge in [-0.25, -0.2) is 4.79 Å². The summed E-state index contributed by atoms with van der Waals surface area (Å²) in [6.07, 6.45) is 0. The van der Waals surface area contributed by atoms with Crippen LogP contribution in [-0.4, -0.2) is 34.2 Å². The maximum atomic E-state index is 12.4. The first-order valence-electron chi connectivity index (χ1n) is 7.77. The molecule has 4 amide bonds. The molecule has 0 radical (unpaired) electrons. The van der Waals surface area contributed by atoms with Crippen molar-refractivity contribution in [3.63, 3.8) is 0 Å². The highest BCUT2D eigenvalue weighted by molar-refractivity contribution is 6.34. The van der Waals surface area contributed by atoms with Crippen molar-refractivity contribution in [1.82, 2.24) is 10.2 Å². The molecule has 0 aromatic heterocycles. The van der Waals surface area contributed by atoms with Crippen LogP contribution in [0.25, 0.3) is 0 Å². The van der Waals surface area contributed by atoms with Crippen LogP contribution in [0.3, 0.4) is 0 Å². The molecule has 27 heavy (non-hydrogen) atoms. The maximum Gasteiger partial charge on any atom is 0.324 e. The Labute approximate surface area is 158 Å². The molecule has 0 unspecified atom stereocenters. The number of amides is 4. The van der Waals surface area contributed by atoms with E-state index in [4.69, 9.17) is 11.6 Å². The number of non-ortho nitro benzene ring substituents is 1. The molecule has 1 fully saturated rings. The number of carbonyl (C=O) groups is 3. The zero-order valence-corrected chi connectivity index (χ0v) is 14.5. The van der Waals surface area contributed by atoms with Gasteiger partial charge in [0.25, 0.3) is 11.6 Å². The highest BCUT2D eigenvalue weighted by atomic mass is 35.5. The summed E-state index contributed by atoms with van der Waals surface area (Å²) in [7, 11) is 0. The van der Waals surface area contributed by atoms with Crippen LogP contribution in [0.2, 0.25) is 5.02 Å². The van der Waals surface area contributed by atoms with Crippen LogP contribution in [-0.2, 0) is 11.3 Å². The van der Waals surface area contributed by atoms with Crippen molar-refractivity contribution in [1.29, 1.82) is 0 Å². The van der Waals surface area contributed by atoms with Gasteiger partial charge < -0.3 is 10.6 Å². The Kier molecular flexibility index (Phi) is 5.04. The molecule has 2 aromatic rings. The Morgan fingerprint density at radius 3 is 2.67 bits per heavy atom. The first kappa shape index (κ1) is 18.3. The summed E-state index contributed by atoms with van der Waals surface area (Å²) in [5.41, 5.74) is 0.945. The first-order valence-corrected chi connectivity index (χ1v) is 8.15. The van der Waals surface area contributed by atoms with E-state index in [9.17, 15) is 24.5 Å². The number of hydrogen-bond acceptors (Lipinski definition) is 5. The number of halogens is 1. The highest BCUT2D eigenvalue weighted by Crippen LogP contribution is 2.24. The van der Waals surface area contributed by atoms with Gasteiger partial charge in [-0.15, -0.1) is 0 Å². The third-order valence-electron chi connectivity index (χ3n) is 3.87. The molecule has 1 aliphatic rings. The molecule has 0 spiro atoms. The molecule has 0 aliphatic carbocycles. The number of benzene rings is 2. The first-order chi connectivity index (χ1) is 12.8. The fourth-order valence-electron chi connectivity index (χ4n) is 2.55. The van der Waals surface area contributed by atoms with E-state index < -0.39 is 16.9 Å². The van der Waals surface area contributed by atoms with Crippen molar-refractivity contribution < 1.29 is 19.3 Å². The number of imide groups is 1. The van der Waals surface area contributed by atoms with Crippen molar-refractivity contribution in [2.75, 3.05) is 11.9 Å². The summed E-state index contributed by atoms with van der Waals surface area (Å²) in [5, 5.41) is 15.8. The van der Waals surface area contributed by atoms with E-state index in [1.807, 2.05) is 0 Å². The summed E-state index contributed by atoms with van der Waals surface area (Å²) >= 11 is 5.96. The van der Waals surface area contributed by atoms with Gasteiger partial charge in [0.1, 0.15) is 0 Å². The van der Waals surface area contributed by atoms with E-state index >= 15 is 0 Å². The summed E-state index contributed by atoms with van der Waals surface area (Å²) < 4.78 is 0. The van der Waals surface area contributed by atoms with E-state index in [0.29, 0.717) is 11.3 Å². The molecule has 1 aliphatic heterocycles. The lowest BCUT2D eigenvalue weighted by atomic mass is 10.1. The van der Waals surface area contributed by atoms with Crippen molar-refractivity contribution >= 4 is 40.8 Å². The normalized spacial score (nSPS) is 13.4. The third kappa shape index (κ3) is 4.04. The molecule has 2 aromatic carbocycles. The molecular formula is C17H13ClN4O5. The Morgan fingerprint density at radius 2 is 2.04 bits per heavy atom. The van der Waals surface area contributed by atoms with Gasteiger partial charge in [-0.05, 0) is 23.8 Å². The molecule has 9 nitrogen and oxygen atoms in total. The monoisotopic (exact) mass is 388 g/mol. The van der Waals surface area contributed by atoms with Crippen LogP contribution in [0.1, 0.15) is 15.9 Å². The number of carbonyl (C=O) groups excluding carboxylic acids is 3. The Morgan fingerprint density at radius 1 is 1.26 bits per heavy atom. The number of nitrogens with one attached hydrogen (secondary N) is 2. The van der Waals surface area contributed by atoms with Gasteiger partial charge in [0.15, 0.2) is 0 Å². The standard InChI is InChI=1S/C17H13ClN4O5/c18-14-7-12(22(26)27)4-5-13(14)16(24)20-11-3-1-2-10(6-11)9-21-15(23)8-19-17(21)25/h1-7H,8-9H2,(H,19,25)(H,20,24). The SMILES string of the molecule is O=C(Nc1cccc(CN2C(=O)CNC2=O)c1)c1ccc([N+](=O)[O-])cc1Cl. The van der Waals surface area contributed by atoms with Crippen molar-refractivity contribution in [2.45, 2.75) is 6.54 Å². The van der Waals surface area contributed by atoms with Gasteiger partial charge in [-0.1, -0.05) is 23.7 Å². The Bertz CT molecular complexity index is 946. The number of rotatable bonds is 5. The lowest BCUT2D eigenvalue weighted by molar-refractivity contribution is -0.384. The van der Waals surface area contributed by atoms with E-state index in [2.05, 4.69) is 10.6 Å². The van der Waals surface area contributed by atoms with Gasteiger partial charge in [-0.3, -0.25) is 24.6 Å². The maximum absolute atomic E-state index is 12.4. The topological polar surface area (TPSA) is 122 Å². The largest absolute Gasteiger partial charge is 0.329 e. The average Bonchev–Trinajstić information content (AvgIpc) is 2.93. The minimum absolute atomic E-state index is 0.0338. The second-order valence-electron chi connectivity index (χ2n) is 5.71. The van der Waals surface area contributed by atoms with Crippen LogP contribution < -0.4 is 10.6 Å². The van der Waals surface area contributed by atoms with Crippen LogP contribution >= 0.6 is 11.6 Å². The number of hydrogen-bond donors (Lipinski definition) is 2. The zero-order valence-electron chi connectivity index (χ0n) is 13.8. The molecule has 138 valence electrons. The molecule has 2 N–H and O–H groups in total. The molecule has 0 saturated carbocycles. The van der Waals surface area contributed by atoms with E-state index in [0.717, 1.165) is 11.0 Å². The van der Waals surface area contributed by atoms with E-state index in [1.165, 1.54) is 12.1 Å². The minimum atomic E-state index is -0.604. The minimum Gasteiger partial charge on any atom is -0.329 e. The zero-order chi connectivity index (χ0) is 19.6. The van der Waals surface area contributed by atoms with Gasteiger partial charge in [-0.2, -0.15) is 0 Å². The van der Waals surface area contributed by atoms with Crippen molar-refractivity contribution in [3.05, 3.63) is 68.7 Å². The van der Waals surface area contributed by atoms with E-state index in [1.54, 1.807) is 24.3 Å². The van der Waals surface area contributed by atoms with Crippen LogP contribution in [0.15, 0.2) is 42.5 Å².